The first-order valence-corrected chi connectivity index (χ1v) is 6.11. The molecule has 2 atom stereocenters. The van der Waals surface area contributed by atoms with E-state index in [1.54, 1.807) is 0 Å². The van der Waals surface area contributed by atoms with Gasteiger partial charge in [-0.1, -0.05) is 40.0 Å². The maximum atomic E-state index is 11.5. The summed E-state index contributed by atoms with van der Waals surface area (Å²) >= 11 is 0. The minimum absolute atomic E-state index is 0.0717. The third kappa shape index (κ3) is 5.73. The highest BCUT2D eigenvalue weighted by molar-refractivity contribution is 5.86. The molecule has 0 saturated heterocycles. The van der Waals surface area contributed by atoms with Crippen LogP contribution in [0.5, 0.6) is 0 Å². The second kappa shape index (κ2) is 8.13. The first kappa shape index (κ1) is 14.9. The van der Waals surface area contributed by atoms with Crippen LogP contribution in [0.25, 0.3) is 0 Å². The van der Waals surface area contributed by atoms with Crippen molar-refractivity contribution >= 4 is 11.8 Å². The number of amides is 2. The van der Waals surface area contributed by atoms with Gasteiger partial charge in [-0.25, -0.2) is 0 Å². The van der Waals surface area contributed by atoms with Crippen molar-refractivity contribution < 1.29 is 9.59 Å². The third-order valence-corrected chi connectivity index (χ3v) is 2.84. The van der Waals surface area contributed by atoms with Gasteiger partial charge in [-0.3, -0.25) is 9.59 Å². The number of primary amides is 1. The van der Waals surface area contributed by atoms with Gasteiger partial charge in [0.05, 0.1) is 0 Å². The lowest BCUT2D eigenvalue weighted by atomic mass is 9.98. The number of hydrogen-bond donors (Lipinski definition) is 2. The zero-order chi connectivity index (χ0) is 12.6. The van der Waals surface area contributed by atoms with Crippen LogP contribution in [0.2, 0.25) is 0 Å². The summed E-state index contributed by atoms with van der Waals surface area (Å²) in [5.74, 6) is -0.427. The fourth-order valence-corrected chi connectivity index (χ4v) is 1.51. The number of unbranched alkanes of at least 4 members (excludes halogenated alkanes) is 2. The highest BCUT2D eigenvalue weighted by Crippen LogP contribution is 2.08. The number of carbonyl (C=O) groups is 2. The van der Waals surface area contributed by atoms with E-state index in [0.717, 1.165) is 25.7 Å². The predicted octanol–water partition coefficient (Wildman–Crippen LogP) is 1.58. The van der Waals surface area contributed by atoms with E-state index in [9.17, 15) is 9.59 Å². The standard InChI is InChI=1S/C12H24N2O2/c1-4-6-7-8-10(15)14-11(12(13)16)9(3)5-2/h9,11H,4-8H2,1-3H3,(H2,13,16)(H,14,15)/t9?,11-/m0/s1. The Morgan fingerprint density at radius 3 is 2.31 bits per heavy atom. The topological polar surface area (TPSA) is 72.2 Å². The SMILES string of the molecule is CCCCCC(=O)N[C@H](C(N)=O)C(C)CC. The fourth-order valence-electron chi connectivity index (χ4n) is 1.51. The maximum Gasteiger partial charge on any atom is 0.240 e. The van der Waals surface area contributed by atoms with Gasteiger partial charge in [0.2, 0.25) is 11.8 Å². The maximum absolute atomic E-state index is 11.5. The van der Waals surface area contributed by atoms with Crippen molar-refractivity contribution in [2.75, 3.05) is 0 Å². The van der Waals surface area contributed by atoms with Crippen LogP contribution in [0.15, 0.2) is 0 Å². The highest BCUT2D eigenvalue weighted by atomic mass is 16.2. The van der Waals surface area contributed by atoms with Crippen LogP contribution in [-0.4, -0.2) is 17.9 Å². The molecule has 4 heteroatoms. The summed E-state index contributed by atoms with van der Waals surface area (Å²) < 4.78 is 0. The summed E-state index contributed by atoms with van der Waals surface area (Å²) in [6, 6.07) is -0.529. The van der Waals surface area contributed by atoms with E-state index in [2.05, 4.69) is 12.2 Å². The number of nitrogens with one attached hydrogen (secondary N) is 1. The van der Waals surface area contributed by atoms with Crippen LogP contribution in [0.3, 0.4) is 0 Å². The molecule has 0 rings (SSSR count). The molecule has 0 saturated carbocycles. The molecule has 0 radical (unpaired) electrons. The lowest BCUT2D eigenvalue weighted by molar-refractivity contribution is -0.128. The lowest BCUT2D eigenvalue weighted by Gasteiger charge is -2.21. The monoisotopic (exact) mass is 228 g/mol. The molecule has 4 nitrogen and oxygen atoms in total. The molecule has 16 heavy (non-hydrogen) atoms. The molecule has 2 amide bonds. The molecule has 0 fully saturated rings. The summed E-state index contributed by atoms with van der Waals surface area (Å²) in [4.78, 5) is 22.7. The summed E-state index contributed by atoms with van der Waals surface area (Å²) in [6.07, 6.45) is 4.29. The summed E-state index contributed by atoms with van der Waals surface area (Å²) in [5.41, 5.74) is 5.26. The van der Waals surface area contributed by atoms with Crippen molar-refractivity contribution in [3.8, 4) is 0 Å². The Hall–Kier alpha value is -1.06. The lowest BCUT2D eigenvalue weighted by Crippen LogP contribution is -2.48. The third-order valence-electron chi connectivity index (χ3n) is 2.84. The number of carbonyl (C=O) groups excluding carboxylic acids is 2. The van der Waals surface area contributed by atoms with Gasteiger partial charge in [-0.15, -0.1) is 0 Å². The van der Waals surface area contributed by atoms with Gasteiger partial charge in [-0.05, 0) is 12.3 Å². The van der Waals surface area contributed by atoms with Crippen molar-refractivity contribution in [1.82, 2.24) is 5.32 Å². The Bertz CT molecular complexity index is 229. The van der Waals surface area contributed by atoms with Gasteiger partial charge in [0, 0.05) is 6.42 Å². The Balaban J connectivity index is 4.09. The molecule has 94 valence electrons. The van der Waals surface area contributed by atoms with Gasteiger partial charge >= 0.3 is 0 Å². The molecule has 0 aromatic heterocycles. The summed E-state index contributed by atoms with van der Waals surface area (Å²) in [7, 11) is 0. The van der Waals surface area contributed by atoms with Gasteiger partial charge < -0.3 is 11.1 Å². The Labute approximate surface area is 98.0 Å². The van der Waals surface area contributed by atoms with E-state index >= 15 is 0 Å². The van der Waals surface area contributed by atoms with Crippen LogP contribution in [0.1, 0.15) is 52.9 Å². The van der Waals surface area contributed by atoms with Gasteiger partial charge in [0.1, 0.15) is 6.04 Å². The number of nitrogens with two attached hydrogens (primary N) is 1. The zero-order valence-electron chi connectivity index (χ0n) is 10.6. The van der Waals surface area contributed by atoms with Crippen LogP contribution in [0.4, 0.5) is 0 Å². The molecular weight excluding hydrogens is 204 g/mol. The predicted molar refractivity (Wildman–Crippen MR) is 64.7 cm³/mol. The molecule has 0 aliphatic heterocycles. The smallest absolute Gasteiger partial charge is 0.240 e. The summed E-state index contributed by atoms with van der Waals surface area (Å²) in [6.45, 7) is 5.98. The Morgan fingerprint density at radius 2 is 1.88 bits per heavy atom. The van der Waals surface area contributed by atoms with Crippen LogP contribution >= 0.6 is 0 Å². The van der Waals surface area contributed by atoms with Crippen molar-refractivity contribution in [2.45, 2.75) is 58.9 Å². The van der Waals surface area contributed by atoms with E-state index in [1.807, 2.05) is 13.8 Å². The molecule has 0 aromatic carbocycles. The first-order valence-electron chi connectivity index (χ1n) is 6.11. The number of rotatable bonds is 8. The normalized spacial score (nSPS) is 14.2. The first-order chi connectivity index (χ1) is 7.52. The molecule has 0 aliphatic carbocycles. The molecular formula is C12H24N2O2. The summed E-state index contributed by atoms with van der Waals surface area (Å²) in [5, 5.41) is 2.71. The van der Waals surface area contributed by atoms with Crippen molar-refractivity contribution in [3.63, 3.8) is 0 Å². The molecule has 0 bridgehead atoms. The van der Waals surface area contributed by atoms with E-state index in [0.29, 0.717) is 6.42 Å². The van der Waals surface area contributed by atoms with E-state index in [-0.39, 0.29) is 11.8 Å². The zero-order valence-corrected chi connectivity index (χ0v) is 10.6. The van der Waals surface area contributed by atoms with Crippen LogP contribution in [0, 0.1) is 5.92 Å². The molecule has 0 heterocycles. The highest BCUT2D eigenvalue weighted by Gasteiger charge is 2.22. The van der Waals surface area contributed by atoms with Crippen LogP contribution < -0.4 is 11.1 Å². The second-order valence-electron chi connectivity index (χ2n) is 4.29. The molecule has 0 aliphatic rings. The quantitative estimate of drug-likeness (QED) is 0.619. The van der Waals surface area contributed by atoms with Gasteiger partial charge in [-0.2, -0.15) is 0 Å². The minimum Gasteiger partial charge on any atom is -0.368 e. The second-order valence-corrected chi connectivity index (χ2v) is 4.29. The largest absolute Gasteiger partial charge is 0.368 e. The fraction of sp³-hybridized carbons (Fsp3) is 0.833. The van der Waals surface area contributed by atoms with Gasteiger partial charge in [0.25, 0.3) is 0 Å². The van der Waals surface area contributed by atoms with E-state index in [1.165, 1.54) is 0 Å². The average Bonchev–Trinajstić information content (AvgIpc) is 2.25. The average molecular weight is 228 g/mol. The Kier molecular flexibility index (Phi) is 7.60. The minimum atomic E-state index is -0.529. The Morgan fingerprint density at radius 1 is 1.25 bits per heavy atom. The molecule has 3 N–H and O–H groups in total. The number of hydrogen-bond acceptors (Lipinski definition) is 2. The van der Waals surface area contributed by atoms with Crippen molar-refractivity contribution in [2.24, 2.45) is 11.7 Å². The van der Waals surface area contributed by atoms with Gasteiger partial charge in [0.15, 0.2) is 0 Å². The molecule has 0 aromatic rings. The van der Waals surface area contributed by atoms with E-state index < -0.39 is 11.9 Å². The van der Waals surface area contributed by atoms with E-state index in [4.69, 9.17) is 5.73 Å². The molecule has 0 spiro atoms. The molecule has 1 unspecified atom stereocenters. The van der Waals surface area contributed by atoms with Crippen molar-refractivity contribution in [1.29, 1.82) is 0 Å². The van der Waals surface area contributed by atoms with Crippen LogP contribution in [-0.2, 0) is 9.59 Å². The van der Waals surface area contributed by atoms with Crippen molar-refractivity contribution in [3.05, 3.63) is 0 Å².